The molecular weight excluding hydrogens is 317 g/mol. The maximum atomic E-state index is 13.8. The smallest absolute Gasteiger partial charge is 0.254 e. The fourth-order valence-electron chi connectivity index (χ4n) is 2.91. The van der Waals surface area contributed by atoms with E-state index in [-0.39, 0.29) is 11.6 Å². The molecule has 0 aliphatic carbocycles. The lowest BCUT2D eigenvalue weighted by atomic mass is 10.1. The molecule has 1 unspecified atom stereocenters. The summed E-state index contributed by atoms with van der Waals surface area (Å²) in [7, 11) is 0. The molecule has 1 aliphatic rings. The number of aryl methyl sites for hydroxylation is 1. The second-order valence-corrected chi connectivity index (χ2v) is 5.98. The Morgan fingerprint density at radius 2 is 1.92 bits per heavy atom. The highest BCUT2D eigenvalue weighted by molar-refractivity contribution is 5.94. The van der Waals surface area contributed by atoms with E-state index >= 15 is 0 Å². The molecule has 0 aromatic heterocycles. The average molecular weight is 334 g/mol. The van der Waals surface area contributed by atoms with E-state index in [0.717, 1.165) is 11.6 Å². The first kappa shape index (κ1) is 16.4. The van der Waals surface area contributed by atoms with Crippen LogP contribution < -0.4 is 10.2 Å². The molecule has 0 saturated carbocycles. The number of rotatable bonds is 3. The summed E-state index contributed by atoms with van der Waals surface area (Å²) >= 11 is 0. The number of halogens is 3. The zero-order chi connectivity index (χ0) is 17.3. The molecule has 126 valence electrons. The Balaban J connectivity index is 1.68. The number of benzene rings is 2. The molecule has 2 aromatic rings. The third kappa shape index (κ3) is 3.37. The van der Waals surface area contributed by atoms with Gasteiger partial charge in [0.1, 0.15) is 17.5 Å². The second kappa shape index (κ2) is 6.55. The van der Waals surface area contributed by atoms with Gasteiger partial charge in [-0.2, -0.15) is 0 Å². The fraction of sp³-hybridized carbons (Fsp3) is 0.278. The van der Waals surface area contributed by atoms with Crippen LogP contribution in [0.15, 0.2) is 36.4 Å². The van der Waals surface area contributed by atoms with Crippen molar-refractivity contribution in [2.45, 2.75) is 19.4 Å². The highest BCUT2D eigenvalue weighted by atomic mass is 19.1. The number of nitrogens with one attached hydrogen (secondary N) is 1. The highest BCUT2D eigenvalue weighted by Gasteiger charge is 2.26. The summed E-state index contributed by atoms with van der Waals surface area (Å²) in [5, 5.41) is 2.78. The molecule has 0 bridgehead atoms. The van der Waals surface area contributed by atoms with Crippen molar-refractivity contribution in [3.05, 3.63) is 65.0 Å². The van der Waals surface area contributed by atoms with Crippen molar-refractivity contribution < 1.29 is 18.0 Å². The van der Waals surface area contributed by atoms with Crippen molar-refractivity contribution in [1.82, 2.24) is 5.32 Å². The summed E-state index contributed by atoms with van der Waals surface area (Å²) in [4.78, 5) is 14.0. The lowest BCUT2D eigenvalue weighted by Crippen LogP contribution is -2.37. The molecule has 3 nitrogen and oxygen atoms in total. The van der Waals surface area contributed by atoms with Gasteiger partial charge in [-0.3, -0.25) is 4.79 Å². The van der Waals surface area contributed by atoms with Crippen LogP contribution in [0.1, 0.15) is 22.3 Å². The first-order valence-electron chi connectivity index (χ1n) is 7.71. The monoisotopic (exact) mass is 334 g/mol. The summed E-state index contributed by atoms with van der Waals surface area (Å²) < 4.78 is 40.6. The maximum absolute atomic E-state index is 13.8. The Bertz CT molecular complexity index is 779. The van der Waals surface area contributed by atoms with Crippen LogP contribution >= 0.6 is 0 Å². The van der Waals surface area contributed by atoms with Crippen molar-refractivity contribution in [3.63, 3.8) is 0 Å². The number of carbonyl (C=O) groups excluding carboxylic acids is 1. The molecule has 0 spiro atoms. The summed E-state index contributed by atoms with van der Waals surface area (Å²) in [6.45, 7) is 2.70. The molecule has 1 atom stereocenters. The van der Waals surface area contributed by atoms with Crippen molar-refractivity contribution in [1.29, 1.82) is 0 Å². The van der Waals surface area contributed by atoms with Crippen LogP contribution in [0.3, 0.4) is 0 Å². The predicted octanol–water partition coefficient (Wildman–Crippen LogP) is 3.42. The van der Waals surface area contributed by atoms with E-state index in [2.05, 4.69) is 5.32 Å². The zero-order valence-electron chi connectivity index (χ0n) is 13.2. The third-order valence-corrected chi connectivity index (χ3v) is 4.14. The molecule has 6 heteroatoms. The van der Waals surface area contributed by atoms with E-state index in [0.29, 0.717) is 25.2 Å². The topological polar surface area (TPSA) is 32.3 Å². The number of hydrogen-bond donors (Lipinski definition) is 1. The molecule has 1 aliphatic heterocycles. The van der Waals surface area contributed by atoms with Gasteiger partial charge in [0.2, 0.25) is 0 Å². The van der Waals surface area contributed by atoms with Crippen LogP contribution in [0, 0.1) is 24.4 Å². The lowest BCUT2D eigenvalue weighted by Gasteiger charge is -2.19. The lowest BCUT2D eigenvalue weighted by molar-refractivity contribution is 0.0936. The number of nitrogens with zero attached hydrogens (tertiary/aromatic N) is 1. The van der Waals surface area contributed by atoms with Gasteiger partial charge in [0.25, 0.3) is 5.91 Å². The standard InChI is InChI=1S/C18H17F3N2O/c1-11-2-4-15(20)14(8-11)18(24)22-13-6-7-23(10-13)17-5-3-12(19)9-16(17)21/h2-5,8-9,13H,6-7,10H2,1H3,(H,22,24). The molecule has 0 radical (unpaired) electrons. The molecule has 24 heavy (non-hydrogen) atoms. The quantitative estimate of drug-likeness (QED) is 0.933. The Labute approximate surface area is 138 Å². The van der Waals surface area contributed by atoms with Crippen LogP contribution in [0.5, 0.6) is 0 Å². The molecule has 1 heterocycles. The van der Waals surface area contributed by atoms with Crippen LogP contribution in [-0.2, 0) is 0 Å². The van der Waals surface area contributed by atoms with E-state index < -0.39 is 23.4 Å². The molecule has 3 rings (SSSR count). The first-order valence-corrected chi connectivity index (χ1v) is 7.71. The van der Waals surface area contributed by atoms with E-state index in [9.17, 15) is 18.0 Å². The Morgan fingerprint density at radius 1 is 1.12 bits per heavy atom. The van der Waals surface area contributed by atoms with Crippen LogP contribution in [0.25, 0.3) is 0 Å². The summed E-state index contributed by atoms with van der Waals surface area (Å²) in [6.07, 6.45) is 0.607. The number of amides is 1. The van der Waals surface area contributed by atoms with E-state index in [1.807, 2.05) is 0 Å². The molecular formula is C18H17F3N2O. The molecule has 1 fully saturated rings. The number of anilines is 1. The molecule has 2 aromatic carbocycles. The Kier molecular flexibility index (Phi) is 4.46. The summed E-state index contributed by atoms with van der Waals surface area (Å²) in [5.41, 5.74) is 1.10. The average Bonchev–Trinajstić information content (AvgIpc) is 2.97. The molecule has 1 saturated heterocycles. The zero-order valence-corrected chi connectivity index (χ0v) is 13.2. The predicted molar refractivity (Wildman–Crippen MR) is 85.6 cm³/mol. The minimum Gasteiger partial charge on any atom is -0.367 e. The van der Waals surface area contributed by atoms with Gasteiger partial charge in [-0.05, 0) is 37.6 Å². The van der Waals surface area contributed by atoms with Crippen molar-refractivity contribution in [2.75, 3.05) is 18.0 Å². The number of hydrogen-bond acceptors (Lipinski definition) is 2. The molecule has 1 N–H and O–H groups in total. The fourth-order valence-corrected chi connectivity index (χ4v) is 2.91. The van der Waals surface area contributed by atoms with Gasteiger partial charge in [-0.1, -0.05) is 11.6 Å². The Hall–Kier alpha value is -2.50. The summed E-state index contributed by atoms with van der Waals surface area (Å²) in [6, 6.07) is 7.56. The highest BCUT2D eigenvalue weighted by Crippen LogP contribution is 2.24. The minimum atomic E-state index is -0.633. The van der Waals surface area contributed by atoms with Crippen molar-refractivity contribution in [3.8, 4) is 0 Å². The minimum absolute atomic E-state index is 0.00131. The largest absolute Gasteiger partial charge is 0.367 e. The normalized spacial score (nSPS) is 17.2. The third-order valence-electron chi connectivity index (χ3n) is 4.14. The van der Waals surface area contributed by atoms with Crippen molar-refractivity contribution in [2.24, 2.45) is 0 Å². The van der Waals surface area contributed by atoms with Gasteiger partial charge < -0.3 is 10.2 Å². The maximum Gasteiger partial charge on any atom is 0.254 e. The van der Waals surface area contributed by atoms with Gasteiger partial charge >= 0.3 is 0 Å². The number of carbonyl (C=O) groups is 1. The SMILES string of the molecule is Cc1ccc(F)c(C(=O)NC2CCN(c3ccc(F)cc3F)C2)c1. The molecule has 1 amide bonds. The van der Waals surface area contributed by atoms with Gasteiger partial charge in [0, 0.05) is 25.2 Å². The van der Waals surface area contributed by atoms with Crippen LogP contribution in [-0.4, -0.2) is 25.0 Å². The van der Waals surface area contributed by atoms with E-state index in [4.69, 9.17) is 0 Å². The van der Waals surface area contributed by atoms with E-state index in [1.165, 1.54) is 24.3 Å². The van der Waals surface area contributed by atoms with E-state index in [1.54, 1.807) is 17.9 Å². The van der Waals surface area contributed by atoms with Gasteiger partial charge in [0.05, 0.1) is 11.3 Å². The van der Waals surface area contributed by atoms with Crippen molar-refractivity contribution >= 4 is 11.6 Å². The van der Waals surface area contributed by atoms with Gasteiger partial charge in [-0.15, -0.1) is 0 Å². The van der Waals surface area contributed by atoms with Crippen LogP contribution in [0.4, 0.5) is 18.9 Å². The second-order valence-electron chi connectivity index (χ2n) is 5.98. The summed E-state index contributed by atoms with van der Waals surface area (Å²) in [5.74, 6) is -2.32. The first-order chi connectivity index (χ1) is 11.4. The van der Waals surface area contributed by atoms with Crippen LogP contribution in [0.2, 0.25) is 0 Å². The Morgan fingerprint density at radius 3 is 2.67 bits per heavy atom. The van der Waals surface area contributed by atoms with Gasteiger partial charge in [-0.25, -0.2) is 13.2 Å². The van der Waals surface area contributed by atoms with Gasteiger partial charge in [0.15, 0.2) is 0 Å².